The Kier molecular flexibility index (Phi) is 26.8. The van der Waals surface area contributed by atoms with Gasteiger partial charge in [0.25, 0.3) is 0 Å². The van der Waals surface area contributed by atoms with Crippen LogP contribution < -0.4 is 11.5 Å². The third-order valence-electron chi connectivity index (χ3n) is 14.5. The maximum absolute atomic E-state index is 13.4. The van der Waals surface area contributed by atoms with E-state index in [2.05, 4.69) is 0 Å². The summed E-state index contributed by atoms with van der Waals surface area (Å²) in [4.78, 5) is 39.2. The Bertz CT molecular complexity index is 2160. The normalized spacial score (nSPS) is 38.8. The molecule has 2 fully saturated rings. The molecule has 0 spiro atoms. The lowest BCUT2D eigenvalue weighted by Gasteiger charge is -2.47. The zero-order valence-electron chi connectivity index (χ0n) is 44.6. The van der Waals surface area contributed by atoms with Crippen LogP contribution in [0.3, 0.4) is 0 Å². The number of ketones is 2. The number of anilines is 1. The van der Waals surface area contributed by atoms with Crippen molar-refractivity contribution in [2.45, 2.75) is 197 Å². The fourth-order valence-electron chi connectivity index (χ4n) is 9.70. The number of carbonyl (C=O) groups is 3. The average molecular weight is 1070 g/mol. The lowest BCUT2D eigenvalue weighted by Crippen LogP contribution is -2.61. The number of hydrogen-bond donors (Lipinski definition) is 11. The Morgan fingerprint density at radius 2 is 1.37 bits per heavy atom. The van der Waals surface area contributed by atoms with Crippen LogP contribution in [0.15, 0.2) is 109 Å². The summed E-state index contributed by atoms with van der Waals surface area (Å²) in [6, 6.07) is 5.41. The number of esters is 1. The fraction of sp³-hybridized carbons (Fsp3) is 0.603. The van der Waals surface area contributed by atoms with Crippen LogP contribution in [0.4, 0.5) is 5.69 Å². The molecular formula is C58H86N2O16. The summed E-state index contributed by atoms with van der Waals surface area (Å²) in [5.74, 6) is -5.11. The average Bonchev–Trinajstić information content (AvgIpc) is 3.35. The van der Waals surface area contributed by atoms with Crippen molar-refractivity contribution in [3.63, 3.8) is 0 Å². The summed E-state index contributed by atoms with van der Waals surface area (Å²) < 4.78 is 24.1. The number of Topliss-reactive ketones (excluding diaryl/α,β-unsaturated/α-hetero) is 2. The topological polar surface area (TPSA) is 322 Å². The van der Waals surface area contributed by atoms with E-state index in [4.69, 9.17) is 30.4 Å². The predicted molar refractivity (Wildman–Crippen MR) is 287 cm³/mol. The fourth-order valence-corrected chi connectivity index (χ4v) is 9.70. The molecule has 424 valence electrons. The van der Waals surface area contributed by atoms with Crippen molar-refractivity contribution >= 4 is 23.2 Å². The molecule has 0 saturated carbocycles. The largest absolute Gasteiger partial charge is 0.461 e. The molecule has 2 bridgehead atoms. The highest BCUT2D eigenvalue weighted by Crippen LogP contribution is 2.38. The molecule has 0 aromatic heterocycles. The monoisotopic (exact) mass is 1070 g/mol. The third kappa shape index (κ3) is 21.0. The molecule has 0 aliphatic carbocycles. The minimum Gasteiger partial charge on any atom is -0.461 e. The molecule has 3 aliphatic heterocycles. The first kappa shape index (κ1) is 64.0. The highest BCUT2D eigenvalue weighted by Gasteiger charge is 2.50. The Balaban J connectivity index is 1.51. The summed E-state index contributed by atoms with van der Waals surface area (Å²) in [6.45, 7) is 8.92. The highest BCUT2D eigenvalue weighted by atomic mass is 16.7. The molecule has 15 unspecified atom stereocenters. The van der Waals surface area contributed by atoms with Gasteiger partial charge in [-0.15, -0.1) is 0 Å². The van der Waals surface area contributed by atoms with Crippen LogP contribution in [0.5, 0.6) is 0 Å². The summed E-state index contributed by atoms with van der Waals surface area (Å²) in [5, 5.41) is 98.9. The van der Waals surface area contributed by atoms with E-state index in [1.54, 1.807) is 68.5 Å². The molecule has 3 heterocycles. The lowest BCUT2D eigenvalue weighted by atomic mass is 9.83. The number of hydrogen-bond acceptors (Lipinski definition) is 18. The van der Waals surface area contributed by atoms with E-state index in [1.807, 2.05) is 75.5 Å². The molecule has 2 saturated heterocycles. The molecule has 19 atom stereocenters. The maximum Gasteiger partial charge on any atom is 0.308 e. The number of nitrogen functional groups attached to an aromatic ring is 1. The van der Waals surface area contributed by atoms with Gasteiger partial charge in [-0.3, -0.25) is 14.4 Å². The molecular weight excluding hydrogens is 981 g/mol. The standard InChI is InChI=1S/C58H86N2O16/c1-35-19-16-14-12-10-8-6-7-9-11-13-15-17-22-46(74-57-55(71)53(60)54(70)39(5)73-57)32-50-38(4)49(67)34-58(72,76-50)51(68)30-45(64)29-44(63)28-42(61)20-18-21-43(62)31-52(69)75-56(35)37(3)27-36(2)47(65)33-48(66)40-23-25-41(59)26-24-40/h6-17,19,22-26,35-39,43-47,49-51,53-57,62-65,67-68,70-72H,18,20-21,27-34,59-60H2,1-5H3/b7-6+,10-8+,11-9+,14-12+,15-13+,19-16+,22-17+/t35?,36?,37?,38?,39-,43?,44?,45?,46?,47?,49?,50?,51?,53+,54-,55+,56?,57?,58?/m1/s1. The lowest BCUT2D eigenvalue weighted by molar-refractivity contribution is -0.332. The zero-order chi connectivity index (χ0) is 56.1. The van der Waals surface area contributed by atoms with Crippen molar-refractivity contribution < 1.29 is 79.3 Å². The van der Waals surface area contributed by atoms with Gasteiger partial charge in [0.2, 0.25) is 0 Å². The first-order chi connectivity index (χ1) is 36.0. The second-order valence-corrected chi connectivity index (χ2v) is 21.1. The first-order valence-electron chi connectivity index (χ1n) is 26.7. The first-order valence-corrected chi connectivity index (χ1v) is 26.7. The van der Waals surface area contributed by atoms with Crippen LogP contribution in [-0.4, -0.2) is 155 Å². The number of carbonyl (C=O) groups excluding carboxylic acids is 3. The third-order valence-corrected chi connectivity index (χ3v) is 14.5. The van der Waals surface area contributed by atoms with Crippen LogP contribution in [0.1, 0.15) is 116 Å². The van der Waals surface area contributed by atoms with E-state index in [1.165, 1.54) is 0 Å². The van der Waals surface area contributed by atoms with E-state index >= 15 is 0 Å². The number of rotatable bonds is 9. The van der Waals surface area contributed by atoms with E-state index in [0.29, 0.717) is 17.7 Å². The van der Waals surface area contributed by atoms with Crippen molar-refractivity contribution in [3.8, 4) is 0 Å². The van der Waals surface area contributed by atoms with Crippen molar-refractivity contribution in [2.75, 3.05) is 5.73 Å². The summed E-state index contributed by atoms with van der Waals surface area (Å²) in [5.41, 5.74) is 12.8. The van der Waals surface area contributed by atoms with Gasteiger partial charge in [-0.1, -0.05) is 113 Å². The van der Waals surface area contributed by atoms with Gasteiger partial charge in [0.15, 0.2) is 17.9 Å². The molecule has 1 aromatic rings. The Morgan fingerprint density at radius 3 is 1.99 bits per heavy atom. The van der Waals surface area contributed by atoms with E-state index in [9.17, 15) is 60.3 Å². The second-order valence-electron chi connectivity index (χ2n) is 21.1. The number of aliphatic hydroxyl groups is 9. The quantitative estimate of drug-likeness (QED) is 0.0942. The number of allylic oxidation sites excluding steroid dienone is 12. The van der Waals surface area contributed by atoms with Gasteiger partial charge in [0.1, 0.15) is 24.1 Å². The van der Waals surface area contributed by atoms with Gasteiger partial charge in [0.05, 0.1) is 67.4 Å². The molecule has 18 heteroatoms. The van der Waals surface area contributed by atoms with Crippen molar-refractivity contribution in [2.24, 2.45) is 29.4 Å². The van der Waals surface area contributed by atoms with Gasteiger partial charge in [-0.25, -0.2) is 0 Å². The molecule has 13 N–H and O–H groups in total. The molecule has 0 amide bonds. The van der Waals surface area contributed by atoms with Crippen LogP contribution in [0, 0.1) is 23.7 Å². The van der Waals surface area contributed by atoms with Gasteiger partial charge < -0.3 is 76.4 Å². The number of fused-ring (bicyclic) bond motifs is 2. The minimum absolute atomic E-state index is 0.0155. The molecule has 76 heavy (non-hydrogen) atoms. The van der Waals surface area contributed by atoms with Gasteiger partial charge >= 0.3 is 5.97 Å². The SMILES string of the molecule is CC1/C=C/C=C/C=C/C=C/C=C/C=C/C=C/C(OC2O[C@H](C)[C@@H](O)[C@H](N)[C@@H]2O)CC2OC(O)(CC(O)C2C)C(O)CC(O)CC(O)CC(=O)CCCC(O)CC(=O)OC1C(C)CC(C)C(O)CC(=O)c1ccc(N)cc1. The molecule has 3 aliphatic rings. The summed E-state index contributed by atoms with van der Waals surface area (Å²) in [7, 11) is 0. The number of benzene rings is 1. The smallest absolute Gasteiger partial charge is 0.308 e. The van der Waals surface area contributed by atoms with Crippen molar-refractivity contribution in [1.29, 1.82) is 0 Å². The highest BCUT2D eigenvalue weighted by molar-refractivity contribution is 5.96. The van der Waals surface area contributed by atoms with E-state index in [0.717, 1.165) is 0 Å². The number of ether oxygens (including phenoxy) is 4. The van der Waals surface area contributed by atoms with E-state index < -0.39 is 116 Å². The van der Waals surface area contributed by atoms with Crippen molar-refractivity contribution in [1.82, 2.24) is 0 Å². The van der Waals surface area contributed by atoms with Gasteiger partial charge in [-0.05, 0) is 68.7 Å². The molecule has 1 aromatic carbocycles. The zero-order valence-corrected chi connectivity index (χ0v) is 44.6. The van der Waals surface area contributed by atoms with E-state index in [-0.39, 0.29) is 80.7 Å². The van der Waals surface area contributed by atoms with Crippen LogP contribution in [-0.2, 0) is 28.5 Å². The molecule has 18 nitrogen and oxygen atoms in total. The van der Waals surface area contributed by atoms with Crippen LogP contribution >= 0.6 is 0 Å². The Labute approximate surface area is 447 Å². The Morgan fingerprint density at radius 1 is 0.776 bits per heavy atom. The maximum atomic E-state index is 13.4. The second kappa shape index (κ2) is 31.8. The van der Waals surface area contributed by atoms with Crippen molar-refractivity contribution in [3.05, 3.63) is 115 Å². The summed E-state index contributed by atoms with van der Waals surface area (Å²) in [6.07, 6.45) is 8.88. The van der Waals surface area contributed by atoms with Crippen LogP contribution in [0.2, 0.25) is 0 Å². The number of aliphatic hydroxyl groups excluding tert-OH is 8. The number of nitrogens with two attached hydrogens (primary N) is 2. The minimum atomic E-state index is -2.35. The number of cyclic esters (lactones) is 1. The molecule has 0 radical (unpaired) electrons. The van der Waals surface area contributed by atoms with Crippen LogP contribution in [0.25, 0.3) is 0 Å². The molecule has 4 rings (SSSR count). The van der Waals surface area contributed by atoms with Gasteiger partial charge in [0, 0.05) is 61.6 Å². The Hall–Kier alpha value is -4.51. The van der Waals surface area contributed by atoms with Gasteiger partial charge in [-0.2, -0.15) is 0 Å². The predicted octanol–water partition coefficient (Wildman–Crippen LogP) is 4.11. The summed E-state index contributed by atoms with van der Waals surface area (Å²) >= 11 is 0.